The van der Waals surface area contributed by atoms with E-state index in [1.54, 1.807) is 24.4 Å². The molecular weight excluding hydrogens is 312 g/mol. The number of aromatic amines is 1. The smallest absolute Gasteiger partial charge is 0.248 e. The average Bonchev–Trinajstić information content (AvgIpc) is 3.05. The van der Waals surface area contributed by atoms with Crippen molar-refractivity contribution in [2.24, 2.45) is 5.73 Å². The topological polar surface area (TPSA) is 97.8 Å². The molecule has 5 N–H and O–H groups in total. The van der Waals surface area contributed by atoms with Gasteiger partial charge in [0, 0.05) is 40.0 Å². The predicted octanol–water partition coefficient (Wildman–Crippen LogP) is 3.58. The molecule has 2 heterocycles. The molecule has 4 aromatic rings. The van der Waals surface area contributed by atoms with E-state index < -0.39 is 5.91 Å². The number of fused-ring (bicyclic) bond motifs is 1. The summed E-state index contributed by atoms with van der Waals surface area (Å²) in [4.78, 5) is 18.7. The van der Waals surface area contributed by atoms with Crippen molar-refractivity contribution < 1.29 is 4.79 Å². The van der Waals surface area contributed by atoms with E-state index in [9.17, 15) is 4.79 Å². The van der Waals surface area contributed by atoms with Crippen LogP contribution in [0, 0.1) is 0 Å². The van der Waals surface area contributed by atoms with Crippen LogP contribution in [0.2, 0.25) is 0 Å². The van der Waals surface area contributed by atoms with Gasteiger partial charge in [-0.1, -0.05) is 18.2 Å². The van der Waals surface area contributed by atoms with Gasteiger partial charge in [-0.15, -0.1) is 0 Å². The molecule has 2 aromatic heterocycles. The number of nitrogens with zero attached hydrogens (tertiary/aromatic N) is 1. The zero-order chi connectivity index (χ0) is 17.4. The van der Waals surface area contributed by atoms with Crippen LogP contribution in [0.4, 0.5) is 5.82 Å². The maximum Gasteiger partial charge on any atom is 0.248 e. The van der Waals surface area contributed by atoms with Gasteiger partial charge in [0.25, 0.3) is 0 Å². The van der Waals surface area contributed by atoms with Crippen molar-refractivity contribution in [3.05, 3.63) is 72.6 Å². The molecule has 122 valence electrons. The minimum Gasteiger partial charge on any atom is -0.384 e. The van der Waals surface area contributed by atoms with Crippen molar-refractivity contribution >= 4 is 22.6 Å². The van der Waals surface area contributed by atoms with Gasteiger partial charge in [0.1, 0.15) is 5.82 Å². The number of hydrogen-bond acceptors (Lipinski definition) is 3. The number of hydrogen-bond donors (Lipinski definition) is 3. The van der Waals surface area contributed by atoms with Gasteiger partial charge in [0.05, 0.1) is 0 Å². The molecule has 0 fully saturated rings. The van der Waals surface area contributed by atoms with Crippen LogP contribution in [0.25, 0.3) is 33.2 Å². The summed E-state index contributed by atoms with van der Waals surface area (Å²) in [5.41, 5.74) is 16.7. The first-order chi connectivity index (χ1) is 12.1. The Balaban J connectivity index is 1.81. The van der Waals surface area contributed by atoms with E-state index in [1.807, 2.05) is 36.5 Å². The molecule has 0 bridgehead atoms. The number of pyridine rings is 1. The third-order valence-electron chi connectivity index (χ3n) is 4.28. The number of nitrogen functional groups attached to an aromatic ring is 1. The number of carbonyl (C=O) groups is 1. The fraction of sp³-hybridized carbons (Fsp3) is 0. The molecule has 2 aromatic carbocycles. The molecule has 0 spiro atoms. The first-order valence-corrected chi connectivity index (χ1v) is 7.85. The summed E-state index contributed by atoms with van der Waals surface area (Å²) in [5, 5.41) is 1.10. The van der Waals surface area contributed by atoms with Gasteiger partial charge in [-0.25, -0.2) is 4.98 Å². The molecular formula is C20H16N4O. The monoisotopic (exact) mass is 328 g/mol. The van der Waals surface area contributed by atoms with E-state index in [2.05, 4.69) is 16.0 Å². The van der Waals surface area contributed by atoms with Gasteiger partial charge < -0.3 is 16.5 Å². The lowest BCUT2D eigenvalue weighted by Gasteiger charge is -2.05. The van der Waals surface area contributed by atoms with Gasteiger partial charge >= 0.3 is 0 Å². The molecule has 0 saturated heterocycles. The molecule has 0 radical (unpaired) electrons. The second-order valence-electron chi connectivity index (χ2n) is 5.88. The van der Waals surface area contributed by atoms with Crippen LogP contribution in [0.1, 0.15) is 10.4 Å². The van der Waals surface area contributed by atoms with Crippen LogP contribution in [0.15, 0.2) is 67.0 Å². The van der Waals surface area contributed by atoms with Crippen LogP contribution in [-0.2, 0) is 0 Å². The number of benzene rings is 2. The maximum atomic E-state index is 11.2. The molecule has 0 saturated carbocycles. The number of nitrogens with two attached hydrogens (primary N) is 2. The van der Waals surface area contributed by atoms with Crippen LogP contribution in [0.5, 0.6) is 0 Å². The summed E-state index contributed by atoms with van der Waals surface area (Å²) >= 11 is 0. The number of nitrogens with one attached hydrogen (secondary N) is 1. The Kier molecular flexibility index (Phi) is 3.47. The third-order valence-corrected chi connectivity index (χ3v) is 4.28. The van der Waals surface area contributed by atoms with Crippen molar-refractivity contribution in [2.75, 3.05) is 5.73 Å². The number of aromatic nitrogens is 2. The van der Waals surface area contributed by atoms with E-state index in [0.717, 1.165) is 33.2 Å². The van der Waals surface area contributed by atoms with Crippen LogP contribution < -0.4 is 11.5 Å². The van der Waals surface area contributed by atoms with E-state index in [4.69, 9.17) is 11.5 Å². The molecule has 0 atom stereocenters. The third kappa shape index (κ3) is 2.72. The fourth-order valence-corrected chi connectivity index (χ4v) is 2.93. The number of anilines is 1. The Morgan fingerprint density at radius 3 is 2.32 bits per heavy atom. The fourth-order valence-electron chi connectivity index (χ4n) is 2.93. The summed E-state index contributed by atoms with van der Waals surface area (Å²) in [5.74, 6) is 0.0744. The van der Waals surface area contributed by atoms with Gasteiger partial charge in [-0.3, -0.25) is 4.79 Å². The van der Waals surface area contributed by atoms with Gasteiger partial charge in [0.2, 0.25) is 5.91 Å². The van der Waals surface area contributed by atoms with Crippen molar-refractivity contribution in [3.63, 3.8) is 0 Å². The number of primary amides is 1. The summed E-state index contributed by atoms with van der Waals surface area (Å²) in [6.07, 6.45) is 3.74. The maximum absolute atomic E-state index is 11.2. The molecule has 25 heavy (non-hydrogen) atoms. The van der Waals surface area contributed by atoms with E-state index in [0.29, 0.717) is 11.4 Å². The zero-order valence-corrected chi connectivity index (χ0v) is 13.4. The molecule has 5 heteroatoms. The highest BCUT2D eigenvalue weighted by atomic mass is 16.1. The minimum absolute atomic E-state index is 0.427. The minimum atomic E-state index is -0.427. The molecule has 0 aliphatic carbocycles. The van der Waals surface area contributed by atoms with Gasteiger partial charge in [-0.05, 0) is 47.5 Å². The molecule has 0 unspecified atom stereocenters. The Bertz CT molecular complexity index is 1060. The van der Waals surface area contributed by atoms with E-state index in [1.165, 1.54) is 0 Å². The molecule has 5 nitrogen and oxygen atoms in total. The highest BCUT2D eigenvalue weighted by Crippen LogP contribution is 2.32. The largest absolute Gasteiger partial charge is 0.384 e. The normalized spacial score (nSPS) is 10.9. The second-order valence-corrected chi connectivity index (χ2v) is 5.88. The zero-order valence-electron chi connectivity index (χ0n) is 13.4. The number of amides is 1. The molecule has 1 amide bonds. The van der Waals surface area contributed by atoms with Gasteiger partial charge in [-0.2, -0.15) is 0 Å². The van der Waals surface area contributed by atoms with E-state index >= 15 is 0 Å². The lowest BCUT2D eigenvalue weighted by molar-refractivity contribution is 0.100. The highest BCUT2D eigenvalue weighted by molar-refractivity contribution is 5.99. The average molecular weight is 328 g/mol. The Labute approximate surface area is 144 Å². The number of carbonyl (C=O) groups excluding carboxylic acids is 1. The van der Waals surface area contributed by atoms with Crippen molar-refractivity contribution in [1.82, 2.24) is 9.97 Å². The Hall–Kier alpha value is -3.60. The molecule has 0 aliphatic rings. The van der Waals surface area contributed by atoms with Crippen molar-refractivity contribution in [2.45, 2.75) is 0 Å². The van der Waals surface area contributed by atoms with Crippen LogP contribution in [-0.4, -0.2) is 15.9 Å². The van der Waals surface area contributed by atoms with E-state index in [-0.39, 0.29) is 0 Å². The standard InChI is InChI=1S/C20H16N4O/c21-19-8-6-15(10-24-19)14-5-7-18-16(9-14)17(11-23-18)12-1-3-13(4-2-12)20(22)25/h1-11,23H,(H2,21,24)(H2,22,25). The summed E-state index contributed by atoms with van der Waals surface area (Å²) < 4.78 is 0. The number of H-pyrrole nitrogens is 1. The molecule has 0 aliphatic heterocycles. The van der Waals surface area contributed by atoms with Crippen molar-refractivity contribution in [3.8, 4) is 22.3 Å². The lowest BCUT2D eigenvalue weighted by atomic mass is 10.00. The Morgan fingerprint density at radius 1 is 0.920 bits per heavy atom. The number of rotatable bonds is 3. The lowest BCUT2D eigenvalue weighted by Crippen LogP contribution is -2.10. The second kappa shape index (κ2) is 5.79. The first-order valence-electron chi connectivity index (χ1n) is 7.85. The quantitative estimate of drug-likeness (QED) is 0.536. The SMILES string of the molecule is NC(=O)c1ccc(-c2c[nH]c3ccc(-c4ccc(N)nc4)cc23)cc1. The predicted molar refractivity (Wildman–Crippen MR) is 99.9 cm³/mol. The highest BCUT2D eigenvalue weighted by Gasteiger charge is 2.09. The first kappa shape index (κ1) is 15.0. The summed E-state index contributed by atoms with van der Waals surface area (Å²) in [6, 6.07) is 17.2. The molecule has 4 rings (SSSR count). The van der Waals surface area contributed by atoms with Crippen LogP contribution >= 0.6 is 0 Å². The van der Waals surface area contributed by atoms with Crippen molar-refractivity contribution in [1.29, 1.82) is 0 Å². The summed E-state index contributed by atoms with van der Waals surface area (Å²) in [7, 11) is 0. The van der Waals surface area contributed by atoms with Crippen LogP contribution in [0.3, 0.4) is 0 Å². The van der Waals surface area contributed by atoms with Gasteiger partial charge in [0.15, 0.2) is 0 Å². The summed E-state index contributed by atoms with van der Waals surface area (Å²) in [6.45, 7) is 0. The Morgan fingerprint density at radius 2 is 1.64 bits per heavy atom.